The Labute approximate surface area is 72.9 Å². The van der Waals surface area contributed by atoms with E-state index >= 15 is 0 Å². The van der Waals surface area contributed by atoms with Crippen molar-refractivity contribution in [1.82, 2.24) is 10.6 Å². The predicted molar refractivity (Wildman–Crippen MR) is 46.9 cm³/mol. The number of nitrogens with one attached hydrogen (secondary N) is 2. The molecule has 0 atom stereocenters. The molecule has 12 heavy (non-hydrogen) atoms. The molecule has 1 saturated carbocycles. The molecule has 3 heteroatoms. The Morgan fingerprint density at radius 3 is 2.17 bits per heavy atom. The van der Waals surface area contributed by atoms with Gasteiger partial charge in [-0.15, -0.1) is 0 Å². The Morgan fingerprint density at radius 2 is 1.58 bits per heavy atom. The van der Waals surface area contributed by atoms with E-state index in [1.54, 1.807) is 0 Å². The molecule has 0 radical (unpaired) electrons. The highest BCUT2D eigenvalue weighted by Gasteiger charge is 2.35. The van der Waals surface area contributed by atoms with Crippen molar-refractivity contribution in [2.45, 2.75) is 32.1 Å². The second-order valence-corrected chi connectivity index (χ2v) is 4.10. The summed E-state index contributed by atoms with van der Waals surface area (Å²) < 4.78 is 0. The monoisotopic (exact) mass is 168 g/mol. The van der Waals surface area contributed by atoms with Gasteiger partial charge in [0, 0.05) is 18.5 Å². The molecule has 2 N–H and O–H groups in total. The molecule has 1 spiro atoms. The summed E-state index contributed by atoms with van der Waals surface area (Å²) in [6.07, 6.45) is 6.59. The van der Waals surface area contributed by atoms with Crippen molar-refractivity contribution >= 4 is 6.03 Å². The molecule has 2 rings (SSSR count). The van der Waals surface area contributed by atoms with Crippen LogP contribution in [0.1, 0.15) is 32.1 Å². The van der Waals surface area contributed by atoms with Gasteiger partial charge in [-0.2, -0.15) is 0 Å². The van der Waals surface area contributed by atoms with E-state index < -0.39 is 0 Å². The van der Waals surface area contributed by atoms with Crippen molar-refractivity contribution in [1.29, 1.82) is 0 Å². The van der Waals surface area contributed by atoms with Gasteiger partial charge in [-0.1, -0.05) is 19.3 Å². The molecule has 1 saturated heterocycles. The zero-order chi connectivity index (χ0) is 8.44. The van der Waals surface area contributed by atoms with Crippen LogP contribution in [0.15, 0.2) is 0 Å². The summed E-state index contributed by atoms with van der Waals surface area (Å²) in [5, 5.41) is 5.78. The van der Waals surface area contributed by atoms with Crippen LogP contribution < -0.4 is 10.6 Å². The lowest BCUT2D eigenvalue weighted by molar-refractivity contribution is 0.153. The molecule has 1 heterocycles. The molecule has 0 bridgehead atoms. The maximum Gasteiger partial charge on any atom is 0.314 e. The van der Waals surface area contributed by atoms with E-state index in [9.17, 15) is 4.79 Å². The van der Waals surface area contributed by atoms with Crippen LogP contribution in [0.25, 0.3) is 0 Å². The average molecular weight is 168 g/mol. The molecular weight excluding hydrogens is 152 g/mol. The lowest BCUT2D eigenvalue weighted by atomic mass is 9.73. The summed E-state index contributed by atoms with van der Waals surface area (Å²) in [5.41, 5.74) is 0.395. The molecule has 0 unspecified atom stereocenters. The van der Waals surface area contributed by atoms with Gasteiger partial charge >= 0.3 is 6.03 Å². The summed E-state index contributed by atoms with van der Waals surface area (Å²) in [6, 6.07) is 0.00574. The minimum absolute atomic E-state index is 0.00574. The standard InChI is InChI=1S/C9H16N2O/c12-8-10-6-9(7-11-8)4-2-1-3-5-9/h1-7H2,(H2,10,11,12). The molecule has 2 amide bonds. The number of rotatable bonds is 0. The van der Waals surface area contributed by atoms with Crippen molar-refractivity contribution in [3.63, 3.8) is 0 Å². The average Bonchev–Trinajstić information content (AvgIpc) is 2.13. The highest BCUT2D eigenvalue weighted by molar-refractivity contribution is 5.74. The first-order valence-corrected chi connectivity index (χ1v) is 4.83. The molecule has 0 aromatic rings. The third-order valence-corrected chi connectivity index (χ3v) is 3.16. The van der Waals surface area contributed by atoms with E-state index in [1.807, 2.05) is 0 Å². The van der Waals surface area contributed by atoms with Gasteiger partial charge < -0.3 is 10.6 Å². The SMILES string of the molecule is O=C1NCC2(CCCCC2)CN1. The zero-order valence-corrected chi connectivity index (χ0v) is 7.36. The summed E-state index contributed by atoms with van der Waals surface area (Å²) >= 11 is 0. The third kappa shape index (κ3) is 1.40. The second-order valence-electron chi connectivity index (χ2n) is 4.10. The number of urea groups is 1. The highest BCUT2D eigenvalue weighted by Crippen LogP contribution is 2.35. The predicted octanol–water partition coefficient (Wildman–Crippen LogP) is 1.25. The highest BCUT2D eigenvalue weighted by atomic mass is 16.2. The van der Waals surface area contributed by atoms with Crippen LogP contribution in [0.4, 0.5) is 4.79 Å². The normalized spacial score (nSPS) is 27.8. The van der Waals surface area contributed by atoms with Gasteiger partial charge in [-0.25, -0.2) is 4.79 Å². The minimum atomic E-state index is 0.00574. The van der Waals surface area contributed by atoms with E-state index in [-0.39, 0.29) is 6.03 Å². The molecular formula is C9H16N2O. The van der Waals surface area contributed by atoms with E-state index in [0.717, 1.165) is 13.1 Å². The maximum atomic E-state index is 10.9. The maximum absolute atomic E-state index is 10.9. The molecule has 68 valence electrons. The molecule has 1 aliphatic heterocycles. The van der Waals surface area contributed by atoms with Gasteiger partial charge in [0.15, 0.2) is 0 Å². The van der Waals surface area contributed by atoms with Crippen LogP contribution in [0.3, 0.4) is 0 Å². The summed E-state index contributed by atoms with van der Waals surface area (Å²) in [4.78, 5) is 10.9. The van der Waals surface area contributed by atoms with Crippen molar-refractivity contribution < 1.29 is 4.79 Å². The first-order chi connectivity index (χ1) is 5.81. The molecule has 3 nitrogen and oxygen atoms in total. The number of carbonyl (C=O) groups is 1. The number of hydrogen-bond donors (Lipinski definition) is 2. The third-order valence-electron chi connectivity index (χ3n) is 3.16. The molecule has 2 fully saturated rings. The van der Waals surface area contributed by atoms with Gasteiger partial charge in [-0.3, -0.25) is 0 Å². The van der Waals surface area contributed by atoms with Crippen LogP contribution in [0.5, 0.6) is 0 Å². The lowest BCUT2D eigenvalue weighted by Crippen LogP contribution is -2.55. The van der Waals surface area contributed by atoms with Crippen molar-refractivity contribution in [3.8, 4) is 0 Å². The summed E-state index contributed by atoms with van der Waals surface area (Å²) in [6.45, 7) is 1.78. The molecule has 0 aromatic carbocycles. The Balaban J connectivity index is 1.96. The zero-order valence-electron chi connectivity index (χ0n) is 7.36. The fourth-order valence-electron chi connectivity index (χ4n) is 2.32. The molecule has 2 aliphatic rings. The van der Waals surface area contributed by atoms with E-state index in [4.69, 9.17) is 0 Å². The summed E-state index contributed by atoms with van der Waals surface area (Å²) in [5.74, 6) is 0. The first kappa shape index (κ1) is 7.90. The van der Waals surface area contributed by atoms with Crippen LogP contribution in [0.2, 0.25) is 0 Å². The smallest absolute Gasteiger partial charge is 0.314 e. The topological polar surface area (TPSA) is 41.1 Å². The van der Waals surface area contributed by atoms with E-state index in [0.29, 0.717) is 5.41 Å². The Hall–Kier alpha value is -0.730. The van der Waals surface area contributed by atoms with Gasteiger partial charge in [0.1, 0.15) is 0 Å². The largest absolute Gasteiger partial charge is 0.338 e. The Morgan fingerprint density at radius 1 is 1.00 bits per heavy atom. The van der Waals surface area contributed by atoms with Crippen LogP contribution >= 0.6 is 0 Å². The summed E-state index contributed by atoms with van der Waals surface area (Å²) in [7, 11) is 0. The Bertz CT molecular complexity index is 173. The fraction of sp³-hybridized carbons (Fsp3) is 0.889. The van der Waals surface area contributed by atoms with Gasteiger partial charge in [0.25, 0.3) is 0 Å². The fourth-order valence-corrected chi connectivity index (χ4v) is 2.32. The lowest BCUT2D eigenvalue weighted by Gasteiger charge is -2.40. The van der Waals surface area contributed by atoms with Gasteiger partial charge in [-0.05, 0) is 12.8 Å². The van der Waals surface area contributed by atoms with E-state index in [1.165, 1.54) is 32.1 Å². The number of carbonyl (C=O) groups excluding carboxylic acids is 1. The van der Waals surface area contributed by atoms with Crippen LogP contribution in [-0.4, -0.2) is 19.1 Å². The van der Waals surface area contributed by atoms with Crippen molar-refractivity contribution in [2.24, 2.45) is 5.41 Å². The van der Waals surface area contributed by atoms with Crippen molar-refractivity contribution in [3.05, 3.63) is 0 Å². The van der Waals surface area contributed by atoms with Crippen LogP contribution in [0, 0.1) is 5.41 Å². The van der Waals surface area contributed by atoms with Crippen molar-refractivity contribution in [2.75, 3.05) is 13.1 Å². The number of amides is 2. The molecule has 0 aromatic heterocycles. The first-order valence-electron chi connectivity index (χ1n) is 4.83. The quantitative estimate of drug-likeness (QED) is 0.561. The van der Waals surface area contributed by atoms with Gasteiger partial charge in [0.05, 0.1) is 0 Å². The second kappa shape index (κ2) is 2.96. The van der Waals surface area contributed by atoms with Crippen LogP contribution in [-0.2, 0) is 0 Å². The van der Waals surface area contributed by atoms with Gasteiger partial charge in [0.2, 0.25) is 0 Å². The molecule has 1 aliphatic carbocycles. The Kier molecular flexibility index (Phi) is 1.95. The number of hydrogen-bond acceptors (Lipinski definition) is 1. The minimum Gasteiger partial charge on any atom is -0.338 e. The van der Waals surface area contributed by atoms with E-state index in [2.05, 4.69) is 10.6 Å².